The van der Waals surface area contributed by atoms with Gasteiger partial charge in [0.1, 0.15) is 5.75 Å². The van der Waals surface area contributed by atoms with Crippen molar-refractivity contribution < 1.29 is 14.6 Å². The fourth-order valence-electron chi connectivity index (χ4n) is 7.28. The third-order valence-electron chi connectivity index (χ3n) is 8.64. The fraction of sp³-hybridized carbons (Fsp3) is 0.692. The number of benzene rings is 1. The minimum absolute atomic E-state index is 0.0684. The highest BCUT2D eigenvalue weighted by Crippen LogP contribution is 2.63. The first-order valence-corrected chi connectivity index (χ1v) is 11.8. The second kappa shape index (κ2) is 7.74. The molecule has 0 aromatic heterocycles. The fourth-order valence-corrected chi connectivity index (χ4v) is 7.28. The Morgan fingerprint density at radius 1 is 1.24 bits per heavy atom. The molecule has 3 nitrogen and oxygen atoms in total. The number of aliphatic hydroxyl groups is 1. The SMILES string of the molecule is C[C@@H]1Cc2cc(OC3CCCCO3)ccc2C2CCC3(C)/C(=C/CO)CCC3C21. The van der Waals surface area contributed by atoms with Gasteiger partial charge in [0.2, 0.25) is 0 Å². The largest absolute Gasteiger partial charge is 0.465 e. The topological polar surface area (TPSA) is 38.7 Å². The van der Waals surface area contributed by atoms with Gasteiger partial charge in [0, 0.05) is 6.42 Å². The van der Waals surface area contributed by atoms with Crippen molar-refractivity contribution in [3.8, 4) is 5.75 Å². The maximum absolute atomic E-state index is 9.49. The lowest BCUT2D eigenvalue weighted by Crippen LogP contribution is -2.43. The molecule has 4 aliphatic rings. The maximum atomic E-state index is 9.49. The summed E-state index contributed by atoms with van der Waals surface area (Å²) in [6.45, 7) is 5.96. The molecule has 158 valence electrons. The van der Waals surface area contributed by atoms with Crippen molar-refractivity contribution in [1.82, 2.24) is 0 Å². The summed E-state index contributed by atoms with van der Waals surface area (Å²) in [5.74, 6) is 3.89. The highest BCUT2D eigenvalue weighted by atomic mass is 16.7. The average Bonchev–Trinajstić information content (AvgIpc) is 3.05. The van der Waals surface area contributed by atoms with E-state index in [1.54, 1.807) is 5.56 Å². The Hall–Kier alpha value is -1.32. The van der Waals surface area contributed by atoms with E-state index in [1.807, 2.05) is 0 Å². The number of hydrogen-bond acceptors (Lipinski definition) is 3. The average molecular weight is 397 g/mol. The minimum Gasteiger partial charge on any atom is -0.465 e. The summed E-state index contributed by atoms with van der Waals surface area (Å²) in [5, 5.41) is 9.49. The second-order valence-corrected chi connectivity index (χ2v) is 10.2. The van der Waals surface area contributed by atoms with E-state index in [9.17, 15) is 5.11 Å². The molecule has 0 bridgehead atoms. The predicted molar refractivity (Wildman–Crippen MR) is 115 cm³/mol. The standard InChI is InChI=1S/C26H36O3/c1-17-15-18-16-20(29-24-5-3-4-14-28-24)7-8-21(18)22-10-12-26(2)19(11-13-27)6-9-23(26)25(17)22/h7-8,11,16-17,22-25,27H,3-6,9-10,12-15H2,1-2H3/b19-11+/t17-,22?,23?,24?,25?,26?/m1/s1. The van der Waals surface area contributed by atoms with Crippen molar-refractivity contribution in [2.24, 2.45) is 23.2 Å². The van der Waals surface area contributed by atoms with Crippen LogP contribution < -0.4 is 4.74 Å². The smallest absolute Gasteiger partial charge is 0.199 e. The van der Waals surface area contributed by atoms with Crippen LogP contribution in [-0.2, 0) is 11.2 Å². The Morgan fingerprint density at radius 3 is 2.93 bits per heavy atom. The van der Waals surface area contributed by atoms with Crippen LogP contribution in [-0.4, -0.2) is 24.6 Å². The molecular formula is C26H36O3. The third-order valence-corrected chi connectivity index (χ3v) is 8.64. The van der Waals surface area contributed by atoms with Gasteiger partial charge in [-0.3, -0.25) is 0 Å². The van der Waals surface area contributed by atoms with Crippen LogP contribution >= 0.6 is 0 Å². The quantitative estimate of drug-likeness (QED) is 0.675. The van der Waals surface area contributed by atoms with Crippen molar-refractivity contribution in [3.05, 3.63) is 41.0 Å². The molecule has 29 heavy (non-hydrogen) atoms. The summed E-state index contributed by atoms with van der Waals surface area (Å²) in [6.07, 6.45) is 11.5. The highest BCUT2D eigenvalue weighted by Gasteiger charge is 2.54. The number of aliphatic hydroxyl groups excluding tert-OH is 1. The van der Waals surface area contributed by atoms with Gasteiger partial charge in [0.25, 0.3) is 0 Å². The summed E-state index contributed by atoms with van der Waals surface area (Å²) in [7, 11) is 0. The van der Waals surface area contributed by atoms with E-state index in [2.05, 4.69) is 38.1 Å². The molecule has 3 fully saturated rings. The molecule has 5 rings (SSSR count). The zero-order valence-electron chi connectivity index (χ0n) is 18.0. The maximum Gasteiger partial charge on any atom is 0.199 e. The lowest BCUT2D eigenvalue weighted by molar-refractivity contribution is -0.105. The first kappa shape index (κ1) is 19.6. The predicted octanol–water partition coefficient (Wildman–Crippen LogP) is 5.61. The van der Waals surface area contributed by atoms with Gasteiger partial charge in [-0.25, -0.2) is 0 Å². The molecular weight excluding hydrogens is 360 g/mol. The summed E-state index contributed by atoms with van der Waals surface area (Å²) >= 11 is 0. The monoisotopic (exact) mass is 396 g/mol. The first-order chi connectivity index (χ1) is 14.1. The van der Waals surface area contributed by atoms with Gasteiger partial charge < -0.3 is 14.6 Å². The van der Waals surface area contributed by atoms with Gasteiger partial charge in [0.15, 0.2) is 6.29 Å². The van der Waals surface area contributed by atoms with Gasteiger partial charge >= 0.3 is 0 Å². The molecule has 5 unspecified atom stereocenters. The molecule has 1 aromatic carbocycles. The van der Waals surface area contributed by atoms with Crippen LogP contribution in [0.3, 0.4) is 0 Å². The number of ether oxygens (including phenoxy) is 2. The van der Waals surface area contributed by atoms with E-state index >= 15 is 0 Å². The van der Waals surface area contributed by atoms with Gasteiger partial charge in [-0.1, -0.05) is 31.6 Å². The van der Waals surface area contributed by atoms with Crippen LogP contribution in [0.15, 0.2) is 29.8 Å². The van der Waals surface area contributed by atoms with Crippen LogP contribution in [0.4, 0.5) is 0 Å². The zero-order chi connectivity index (χ0) is 20.0. The molecule has 0 amide bonds. The van der Waals surface area contributed by atoms with Gasteiger partial charge in [-0.2, -0.15) is 0 Å². The Bertz CT molecular complexity index is 778. The Morgan fingerprint density at radius 2 is 2.14 bits per heavy atom. The molecule has 2 saturated carbocycles. The summed E-state index contributed by atoms with van der Waals surface area (Å²) < 4.78 is 11.9. The number of hydrogen-bond donors (Lipinski definition) is 1. The molecule has 0 spiro atoms. The van der Waals surface area contributed by atoms with E-state index in [-0.39, 0.29) is 12.9 Å². The van der Waals surface area contributed by atoms with Crippen molar-refractivity contribution >= 4 is 0 Å². The number of rotatable bonds is 3. The van der Waals surface area contributed by atoms with Crippen molar-refractivity contribution in [3.63, 3.8) is 0 Å². The lowest BCUT2D eigenvalue weighted by Gasteiger charge is -2.52. The van der Waals surface area contributed by atoms with Gasteiger partial charge in [-0.15, -0.1) is 0 Å². The van der Waals surface area contributed by atoms with Gasteiger partial charge in [0.05, 0.1) is 13.2 Å². The van der Waals surface area contributed by atoms with E-state index in [0.717, 1.165) is 43.5 Å². The lowest BCUT2D eigenvalue weighted by atomic mass is 9.52. The molecule has 3 heteroatoms. The third kappa shape index (κ3) is 3.35. The van der Waals surface area contributed by atoms with Crippen molar-refractivity contribution in [2.75, 3.05) is 13.2 Å². The van der Waals surface area contributed by atoms with Crippen LogP contribution in [0.1, 0.15) is 75.8 Å². The molecule has 1 saturated heterocycles. The summed E-state index contributed by atoms with van der Waals surface area (Å²) in [4.78, 5) is 0. The zero-order valence-corrected chi connectivity index (χ0v) is 18.0. The van der Waals surface area contributed by atoms with Crippen molar-refractivity contribution in [1.29, 1.82) is 0 Å². The van der Waals surface area contributed by atoms with Crippen molar-refractivity contribution in [2.45, 2.75) is 77.4 Å². The summed E-state index contributed by atoms with van der Waals surface area (Å²) in [5.41, 5.74) is 4.90. The van der Waals surface area contributed by atoms with Crippen LogP contribution in [0.25, 0.3) is 0 Å². The minimum atomic E-state index is -0.0684. The molecule has 1 aliphatic heterocycles. The van der Waals surface area contributed by atoms with Gasteiger partial charge in [-0.05, 0) is 97.3 Å². The first-order valence-electron chi connectivity index (χ1n) is 11.8. The molecule has 1 heterocycles. The number of fused-ring (bicyclic) bond motifs is 5. The molecule has 1 N–H and O–H groups in total. The molecule has 3 aliphatic carbocycles. The number of allylic oxidation sites excluding steroid dienone is 1. The van der Waals surface area contributed by atoms with E-state index in [0.29, 0.717) is 17.3 Å². The van der Waals surface area contributed by atoms with Crippen LogP contribution in [0, 0.1) is 23.2 Å². The van der Waals surface area contributed by atoms with E-state index in [1.165, 1.54) is 43.2 Å². The van der Waals surface area contributed by atoms with E-state index in [4.69, 9.17) is 9.47 Å². The van der Waals surface area contributed by atoms with Crippen LogP contribution in [0.5, 0.6) is 5.75 Å². The molecule has 1 aromatic rings. The Balaban J connectivity index is 1.39. The second-order valence-electron chi connectivity index (χ2n) is 10.2. The Labute approximate surface area is 175 Å². The molecule has 0 radical (unpaired) electrons. The summed E-state index contributed by atoms with van der Waals surface area (Å²) in [6, 6.07) is 6.85. The normalized spacial score (nSPS) is 40.2. The van der Waals surface area contributed by atoms with E-state index < -0.39 is 0 Å². The molecule has 6 atom stereocenters. The Kier molecular flexibility index (Phi) is 5.24. The highest BCUT2D eigenvalue weighted by molar-refractivity contribution is 5.42. The van der Waals surface area contributed by atoms with Crippen LogP contribution in [0.2, 0.25) is 0 Å².